The number of rotatable bonds is 3. The first-order valence-corrected chi connectivity index (χ1v) is 4.38. The highest BCUT2D eigenvalue weighted by atomic mass is 32.1. The number of aliphatic hydroxyl groups excluding tert-OH is 1. The fraction of sp³-hybridized carbons (Fsp3) is 0.500. The summed E-state index contributed by atoms with van der Waals surface area (Å²) in [4.78, 5) is 1.07. The molecule has 3 heteroatoms. The van der Waals surface area contributed by atoms with Gasteiger partial charge in [0.1, 0.15) is 6.10 Å². The quantitative estimate of drug-likeness (QED) is 0.753. The van der Waals surface area contributed by atoms with Gasteiger partial charge in [0.25, 0.3) is 0 Å². The predicted molar refractivity (Wildman–Crippen MR) is 45.7 cm³/mol. The Morgan fingerprint density at radius 3 is 2.73 bits per heavy atom. The molecule has 0 radical (unpaired) electrons. The van der Waals surface area contributed by atoms with Crippen molar-refractivity contribution in [3.05, 3.63) is 22.4 Å². The fourth-order valence-electron chi connectivity index (χ4n) is 1.00. The van der Waals surface area contributed by atoms with Gasteiger partial charge >= 0.3 is 0 Å². The van der Waals surface area contributed by atoms with Crippen LogP contribution in [0.15, 0.2) is 17.5 Å². The van der Waals surface area contributed by atoms with E-state index in [0.29, 0.717) is 0 Å². The second kappa shape index (κ2) is 3.85. The highest BCUT2D eigenvalue weighted by Gasteiger charge is 2.16. The lowest BCUT2D eigenvalue weighted by atomic mass is 10.2. The number of methoxy groups -OCH3 is 1. The van der Waals surface area contributed by atoms with Crippen LogP contribution in [-0.4, -0.2) is 18.3 Å². The monoisotopic (exact) mass is 172 g/mol. The second-order valence-electron chi connectivity index (χ2n) is 2.41. The first-order valence-electron chi connectivity index (χ1n) is 3.50. The molecule has 0 saturated heterocycles. The summed E-state index contributed by atoms with van der Waals surface area (Å²) in [6.07, 6.45) is -0.617. The van der Waals surface area contributed by atoms with Crippen LogP contribution in [0.3, 0.4) is 0 Å². The molecule has 2 nitrogen and oxygen atoms in total. The van der Waals surface area contributed by atoms with Crippen molar-refractivity contribution in [2.75, 3.05) is 7.11 Å². The van der Waals surface area contributed by atoms with Crippen LogP contribution in [0.25, 0.3) is 0 Å². The van der Waals surface area contributed by atoms with Crippen LogP contribution < -0.4 is 0 Å². The topological polar surface area (TPSA) is 29.5 Å². The van der Waals surface area contributed by atoms with E-state index >= 15 is 0 Å². The second-order valence-corrected chi connectivity index (χ2v) is 3.39. The van der Waals surface area contributed by atoms with Gasteiger partial charge in [-0.15, -0.1) is 11.3 Å². The van der Waals surface area contributed by atoms with E-state index in [9.17, 15) is 5.11 Å². The number of aliphatic hydroxyl groups is 1. The SMILES string of the molecule is COC(c1cccs1)C(C)O. The van der Waals surface area contributed by atoms with E-state index in [4.69, 9.17) is 4.74 Å². The number of hydrogen-bond donors (Lipinski definition) is 1. The van der Waals surface area contributed by atoms with Crippen LogP contribution in [0.5, 0.6) is 0 Å². The molecule has 62 valence electrons. The molecule has 1 aromatic heterocycles. The van der Waals surface area contributed by atoms with Crippen molar-refractivity contribution in [2.45, 2.75) is 19.1 Å². The van der Waals surface area contributed by atoms with Crippen LogP contribution in [0, 0.1) is 0 Å². The lowest BCUT2D eigenvalue weighted by molar-refractivity contribution is -0.00131. The molecule has 0 aliphatic rings. The Labute approximate surface area is 70.4 Å². The standard InChI is InChI=1S/C8H12O2S/c1-6(9)8(10-2)7-4-3-5-11-7/h3-6,8-9H,1-2H3. The molecule has 1 aromatic rings. The number of ether oxygens (including phenoxy) is 1. The van der Waals surface area contributed by atoms with Gasteiger partial charge in [-0.25, -0.2) is 0 Å². The van der Waals surface area contributed by atoms with Crippen LogP contribution in [0.4, 0.5) is 0 Å². The Morgan fingerprint density at radius 2 is 2.36 bits per heavy atom. The molecule has 11 heavy (non-hydrogen) atoms. The minimum atomic E-state index is -0.446. The zero-order chi connectivity index (χ0) is 8.27. The maximum absolute atomic E-state index is 9.27. The molecule has 0 amide bonds. The highest BCUT2D eigenvalue weighted by molar-refractivity contribution is 7.10. The summed E-state index contributed by atoms with van der Waals surface area (Å²) in [6.45, 7) is 1.73. The van der Waals surface area contributed by atoms with Crippen molar-refractivity contribution >= 4 is 11.3 Å². The summed E-state index contributed by atoms with van der Waals surface area (Å²) < 4.78 is 5.12. The van der Waals surface area contributed by atoms with Crippen molar-refractivity contribution in [1.29, 1.82) is 0 Å². The molecule has 0 bridgehead atoms. The van der Waals surface area contributed by atoms with Crippen LogP contribution in [-0.2, 0) is 4.74 Å². The van der Waals surface area contributed by atoms with Crippen LogP contribution >= 0.6 is 11.3 Å². The average Bonchev–Trinajstić information content (AvgIpc) is 2.40. The van der Waals surface area contributed by atoms with E-state index in [-0.39, 0.29) is 6.10 Å². The molecule has 1 rings (SSSR count). The minimum absolute atomic E-state index is 0.171. The first kappa shape index (κ1) is 8.71. The van der Waals surface area contributed by atoms with E-state index in [0.717, 1.165) is 4.88 Å². The zero-order valence-electron chi connectivity index (χ0n) is 6.65. The van der Waals surface area contributed by atoms with Gasteiger partial charge in [0, 0.05) is 12.0 Å². The lowest BCUT2D eigenvalue weighted by Gasteiger charge is -2.15. The van der Waals surface area contributed by atoms with Gasteiger partial charge in [0.05, 0.1) is 6.10 Å². The smallest absolute Gasteiger partial charge is 0.117 e. The number of hydrogen-bond acceptors (Lipinski definition) is 3. The highest BCUT2D eigenvalue weighted by Crippen LogP contribution is 2.24. The lowest BCUT2D eigenvalue weighted by Crippen LogP contribution is -2.14. The summed E-state index contributed by atoms with van der Waals surface area (Å²) in [6, 6.07) is 3.92. The molecule has 0 saturated carbocycles. The molecule has 1 N–H and O–H groups in total. The van der Waals surface area contributed by atoms with E-state index < -0.39 is 6.10 Å². The molecule has 0 fully saturated rings. The molecule has 0 aromatic carbocycles. The van der Waals surface area contributed by atoms with Gasteiger partial charge in [-0.05, 0) is 18.4 Å². The summed E-state index contributed by atoms with van der Waals surface area (Å²) >= 11 is 1.60. The third-order valence-corrected chi connectivity index (χ3v) is 2.45. The number of thiophene rings is 1. The molecule has 2 unspecified atom stereocenters. The summed E-state index contributed by atoms with van der Waals surface area (Å²) in [7, 11) is 1.61. The Bertz CT molecular complexity index is 194. The normalized spacial score (nSPS) is 16.3. The molecular formula is C8H12O2S. The van der Waals surface area contributed by atoms with E-state index in [1.165, 1.54) is 0 Å². The van der Waals surface area contributed by atoms with Gasteiger partial charge in [0.2, 0.25) is 0 Å². The largest absolute Gasteiger partial charge is 0.390 e. The van der Waals surface area contributed by atoms with Gasteiger partial charge in [-0.3, -0.25) is 0 Å². The van der Waals surface area contributed by atoms with Crippen molar-refractivity contribution in [1.82, 2.24) is 0 Å². The fourth-order valence-corrected chi connectivity index (χ4v) is 1.90. The van der Waals surface area contributed by atoms with Gasteiger partial charge < -0.3 is 9.84 Å². The van der Waals surface area contributed by atoms with E-state index in [2.05, 4.69) is 0 Å². The maximum atomic E-state index is 9.27. The van der Waals surface area contributed by atoms with Crippen LogP contribution in [0.2, 0.25) is 0 Å². The summed E-state index contributed by atoms with van der Waals surface area (Å²) in [5.41, 5.74) is 0. The van der Waals surface area contributed by atoms with E-state index in [1.54, 1.807) is 25.4 Å². The first-order chi connectivity index (χ1) is 5.25. The summed E-state index contributed by atoms with van der Waals surface area (Å²) in [5, 5.41) is 11.2. The van der Waals surface area contributed by atoms with Crippen molar-refractivity contribution in [3.8, 4) is 0 Å². The van der Waals surface area contributed by atoms with Gasteiger partial charge in [0.15, 0.2) is 0 Å². The molecule has 0 aliphatic carbocycles. The Kier molecular flexibility index (Phi) is 3.05. The van der Waals surface area contributed by atoms with Crippen molar-refractivity contribution < 1.29 is 9.84 Å². The molecule has 0 aliphatic heterocycles. The Balaban J connectivity index is 2.71. The maximum Gasteiger partial charge on any atom is 0.117 e. The Hall–Kier alpha value is -0.380. The average molecular weight is 172 g/mol. The third-order valence-electron chi connectivity index (χ3n) is 1.52. The zero-order valence-corrected chi connectivity index (χ0v) is 7.47. The van der Waals surface area contributed by atoms with Gasteiger partial charge in [-0.2, -0.15) is 0 Å². The molecule has 0 spiro atoms. The Morgan fingerprint density at radius 1 is 1.64 bits per heavy atom. The van der Waals surface area contributed by atoms with Gasteiger partial charge in [-0.1, -0.05) is 6.07 Å². The predicted octanol–water partition coefficient (Wildman–Crippen LogP) is 1.82. The minimum Gasteiger partial charge on any atom is -0.390 e. The summed E-state index contributed by atoms with van der Waals surface area (Å²) in [5.74, 6) is 0. The van der Waals surface area contributed by atoms with E-state index in [1.807, 2.05) is 17.5 Å². The third kappa shape index (κ3) is 2.02. The van der Waals surface area contributed by atoms with Crippen molar-refractivity contribution in [2.24, 2.45) is 0 Å². The molecular weight excluding hydrogens is 160 g/mol. The van der Waals surface area contributed by atoms with Crippen molar-refractivity contribution in [3.63, 3.8) is 0 Å². The molecule has 1 heterocycles. The van der Waals surface area contributed by atoms with Crippen LogP contribution in [0.1, 0.15) is 17.9 Å². The molecule has 2 atom stereocenters.